The summed E-state index contributed by atoms with van der Waals surface area (Å²) in [5.74, 6) is -0.602. The van der Waals surface area contributed by atoms with Gasteiger partial charge in [-0.15, -0.1) is 0 Å². The molecule has 0 aromatic heterocycles. The lowest BCUT2D eigenvalue weighted by atomic mass is 10.0. The van der Waals surface area contributed by atoms with E-state index in [1.165, 1.54) is 0 Å². The highest BCUT2D eigenvalue weighted by molar-refractivity contribution is 5.97. The zero-order valence-corrected chi connectivity index (χ0v) is 15.2. The summed E-state index contributed by atoms with van der Waals surface area (Å²) < 4.78 is 5.17. The first kappa shape index (κ1) is 19.3. The van der Waals surface area contributed by atoms with Crippen molar-refractivity contribution in [1.82, 2.24) is 5.32 Å². The predicted molar refractivity (Wildman–Crippen MR) is 99.9 cm³/mol. The lowest BCUT2D eigenvalue weighted by Crippen LogP contribution is -2.47. The third kappa shape index (κ3) is 5.51. The van der Waals surface area contributed by atoms with Crippen LogP contribution in [0, 0.1) is 12.8 Å². The average molecular weight is 356 g/mol. The van der Waals surface area contributed by atoms with E-state index in [9.17, 15) is 14.7 Å². The molecule has 138 valence electrons. The molecule has 0 bridgehead atoms. The molecule has 0 heterocycles. The molecule has 6 heteroatoms. The van der Waals surface area contributed by atoms with E-state index >= 15 is 0 Å². The second-order valence-electron chi connectivity index (χ2n) is 6.44. The minimum Gasteiger partial charge on any atom is -0.506 e. The number of hydrogen-bond acceptors (Lipinski definition) is 4. The van der Waals surface area contributed by atoms with Crippen LogP contribution in [0.15, 0.2) is 48.5 Å². The Balaban J connectivity index is 1.96. The van der Waals surface area contributed by atoms with Crippen LogP contribution in [0.25, 0.3) is 0 Å². The van der Waals surface area contributed by atoms with Crippen molar-refractivity contribution in [2.45, 2.75) is 33.4 Å². The van der Waals surface area contributed by atoms with Crippen LogP contribution in [0.5, 0.6) is 5.75 Å². The van der Waals surface area contributed by atoms with E-state index in [0.717, 1.165) is 11.1 Å². The summed E-state index contributed by atoms with van der Waals surface area (Å²) >= 11 is 0. The highest BCUT2D eigenvalue weighted by Crippen LogP contribution is 2.24. The molecule has 0 aliphatic rings. The normalized spacial score (nSPS) is 11.7. The Morgan fingerprint density at radius 3 is 2.42 bits per heavy atom. The van der Waals surface area contributed by atoms with Crippen LogP contribution >= 0.6 is 0 Å². The molecule has 2 amide bonds. The van der Waals surface area contributed by atoms with Gasteiger partial charge in [0.2, 0.25) is 5.91 Å². The maximum atomic E-state index is 12.5. The molecule has 3 N–H and O–H groups in total. The van der Waals surface area contributed by atoms with Gasteiger partial charge in [-0.3, -0.25) is 4.79 Å². The number of nitrogens with one attached hydrogen (secondary N) is 2. The number of ether oxygens (including phenoxy) is 1. The average Bonchev–Trinajstić information content (AvgIpc) is 2.60. The third-order valence-corrected chi connectivity index (χ3v) is 3.85. The second kappa shape index (κ2) is 8.89. The standard InChI is InChI=1S/C20H24N2O4/c1-13(2)18(19(24)21-16-10-9-14(3)11-17(16)23)22-20(25)26-12-15-7-5-4-6-8-15/h4-11,13,18,23H,12H2,1-3H3,(H,21,24)(H,22,25)/t18-/m0/s1. The summed E-state index contributed by atoms with van der Waals surface area (Å²) in [4.78, 5) is 24.5. The fourth-order valence-corrected chi connectivity index (χ4v) is 2.38. The number of amides is 2. The topological polar surface area (TPSA) is 87.7 Å². The maximum Gasteiger partial charge on any atom is 0.408 e. The van der Waals surface area contributed by atoms with Crippen LogP contribution in [0.3, 0.4) is 0 Å². The summed E-state index contributed by atoms with van der Waals surface area (Å²) in [7, 11) is 0. The monoisotopic (exact) mass is 356 g/mol. The summed E-state index contributed by atoms with van der Waals surface area (Å²) in [5, 5.41) is 15.1. The summed E-state index contributed by atoms with van der Waals surface area (Å²) in [6.45, 7) is 5.60. The van der Waals surface area contributed by atoms with Gasteiger partial charge in [0.1, 0.15) is 18.4 Å². The quantitative estimate of drug-likeness (QED) is 0.690. The molecular weight excluding hydrogens is 332 g/mol. The van der Waals surface area contributed by atoms with Crippen LogP contribution in [0.2, 0.25) is 0 Å². The van der Waals surface area contributed by atoms with Crippen molar-refractivity contribution in [3.63, 3.8) is 0 Å². The van der Waals surface area contributed by atoms with Crippen molar-refractivity contribution in [3.05, 3.63) is 59.7 Å². The molecular formula is C20H24N2O4. The molecule has 2 aromatic carbocycles. The first-order valence-corrected chi connectivity index (χ1v) is 8.44. The van der Waals surface area contributed by atoms with Crippen LogP contribution in [-0.4, -0.2) is 23.1 Å². The lowest BCUT2D eigenvalue weighted by Gasteiger charge is -2.21. The van der Waals surface area contributed by atoms with Gasteiger partial charge in [-0.25, -0.2) is 4.79 Å². The highest BCUT2D eigenvalue weighted by atomic mass is 16.5. The smallest absolute Gasteiger partial charge is 0.408 e. The predicted octanol–water partition coefficient (Wildman–Crippen LogP) is 3.59. The van der Waals surface area contributed by atoms with Crippen molar-refractivity contribution in [2.75, 3.05) is 5.32 Å². The van der Waals surface area contributed by atoms with Crippen LogP contribution in [0.4, 0.5) is 10.5 Å². The summed E-state index contributed by atoms with van der Waals surface area (Å²) in [6.07, 6.45) is -0.671. The van der Waals surface area contributed by atoms with Crippen LogP contribution < -0.4 is 10.6 Å². The van der Waals surface area contributed by atoms with Gasteiger partial charge in [0.05, 0.1) is 5.69 Å². The molecule has 0 radical (unpaired) electrons. The molecule has 0 aliphatic heterocycles. The number of benzene rings is 2. The molecule has 0 saturated carbocycles. The van der Waals surface area contributed by atoms with E-state index in [-0.39, 0.29) is 18.3 Å². The number of alkyl carbamates (subject to hydrolysis) is 1. The molecule has 0 saturated heterocycles. The molecule has 6 nitrogen and oxygen atoms in total. The van der Waals surface area contributed by atoms with Crippen molar-refractivity contribution in [2.24, 2.45) is 5.92 Å². The number of phenols is 1. The van der Waals surface area contributed by atoms with Gasteiger partial charge < -0.3 is 20.5 Å². The van der Waals surface area contributed by atoms with E-state index in [1.54, 1.807) is 18.2 Å². The molecule has 0 unspecified atom stereocenters. The van der Waals surface area contributed by atoms with Gasteiger partial charge in [-0.05, 0) is 36.1 Å². The maximum absolute atomic E-state index is 12.5. The van der Waals surface area contributed by atoms with Crippen molar-refractivity contribution < 1.29 is 19.4 Å². The van der Waals surface area contributed by atoms with E-state index in [0.29, 0.717) is 5.69 Å². The lowest BCUT2D eigenvalue weighted by molar-refractivity contribution is -0.119. The molecule has 0 aliphatic carbocycles. The van der Waals surface area contributed by atoms with Crippen LogP contribution in [0.1, 0.15) is 25.0 Å². The number of hydrogen-bond donors (Lipinski definition) is 3. The fraction of sp³-hybridized carbons (Fsp3) is 0.300. The van der Waals surface area contributed by atoms with Gasteiger partial charge in [0, 0.05) is 0 Å². The van der Waals surface area contributed by atoms with Crippen molar-refractivity contribution in [3.8, 4) is 5.75 Å². The number of carbonyl (C=O) groups is 2. The zero-order valence-electron chi connectivity index (χ0n) is 15.2. The number of rotatable bonds is 6. The molecule has 0 spiro atoms. The molecule has 26 heavy (non-hydrogen) atoms. The van der Waals surface area contributed by atoms with E-state index < -0.39 is 18.0 Å². The Kier molecular flexibility index (Phi) is 6.60. The van der Waals surface area contributed by atoms with E-state index in [1.807, 2.05) is 51.1 Å². The Morgan fingerprint density at radius 1 is 1.12 bits per heavy atom. The minimum atomic E-state index is -0.793. The third-order valence-electron chi connectivity index (χ3n) is 3.85. The first-order valence-electron chi connectivity index (χ1n) is 8.44. The zero-order chi connectivity index (χ0) is 19.1. The Morgan fingerprint density at radius 2 is 1.81 bits per heavy atom. The largest absolute Gasteiger partial charge is 0.506 e. The van der Waals surface area contributed by atoms with Gasteiger partial charge in [-0.1, -0.05) is 50.2 Å². The van der Waals surface area contributed by atoms with Gasteiger partial charge in [0.25, 0.3) is 0 Å². The number of carbonyl (C=O) groups excluding carboxylic acids is 2. The first-order chi connectivity index (χ1) is 12.4. The summed E-state index contributed by atoms with van der Waals surface area (Å²) in [5.41, 5.74) is 2.03. The van der Waals surface area contributed by atoms with Crippen LogP contribution in [-0.2, 0) is 16.1 Å². The van der Waals surface area contributed by atoms with Crippen molar-refractivity contribution >= 4 is 17.7 Å². The summed E-state index contributed by atoms with van der Waals surface area (Å²) in [6, 6.07) is 13.4. The number of aromatic hydroxyl groups is 1. The number of aryl methyl sites for hydroxylation is 1. The van der Waals surface area contributed by atoms with Gasteiger partial charge in [0.15, 0.2) is 0 Å². The Hall–Kier alpha value is -3.02. The molecule has 2 aromatic rings. The van der Waals surface area contributed by atoms with Gasteiger partial charge >= 0.3 is 6.09 Å². The molecule has 0 fully saturated rings. The van der Waals surface area contributed by atoms with E-state index in [2.05, 4.69) is 10.6 Å². The Bertz CT molecular complexity index is 760. The minimum absolute atomic E-state index is 0.0208. The Labute approximate surface area is 153 Å². The van der Waals surface area contributed by atoms with E-state index in [4.69, 9.17) is 4.74 Å². The molecule has 2 rings (SSSR count). The van der Waals surface area contributed by atoms with Crippen molar-refractivity contribution in [1.29, 1.82) is 0 Å². The second-order valence-corrected chi connectivity index (χ2v) is 6.44. The molecule has 1 atom stereocenters. The number of anilines is 1. The highest BCUT2D eigenvalue weighted by Gasteiger charge is 2.25. The SMILES string of the molecule is Cc1ccc(NC(=O)[C@@H](NC(=O)OCc2ccccc2)C(C)C)c(O)c1. The van der Waals surface area contributed by atoms with Gasteiger partial charge in [-0.2, -0.15) is 0 Å². The number of phenolic OH excluding ortho intramolecular Hbond substituents is 1. The fourth-order valence-electron chi connectivity index (χ4n) is 2.38.